The number of aromatic hydroxyl groups is 1. The van der Waals surface area contributed by atoms with Crippen LogP contribution >= 0.6 is 0 Å². The number of halogens is 3. The Bertz CT molecular complexity index is 1330. The van der Waals surface area contributed by atoms with Crippen LogP contribution in [0.2, 0.25) is 0 Å². The van der Waals surface area contributed by atoms with Crippen LogP contribution in [0.4, 0.5) is 18.9 Å². The summed E-state index contributed by atoms with van der Waals surface area (Å²) in [5.74, 6) is -1.90. The van der Waals surface area contributed by atoms with Gasteiger partial charge in [-0.05, 0) is 72.6 Å². The maximum absolute atomic E-state index is 13.2. The average Bonchev–Trinajstić information content (AvgIpc) is 3.16. The number of hydrogen-bond donors (Lipinski definition) is 2. The Hall–Kier alpha value is -4.27. The number of carbonyl (C=O) groups excluding carboxylic acids is 2. The van der Waals surface area contributed by atoms with E-state index in [-0.39, 0.29) is 22.6 Å². The van der Waals surface area contributed by atoms with Crippen molar-refractivity contribution in [1.82, 2.24) is 0 Å². The topological polar surface area (TPSA) is 87.1 Å². The highest BCUT2D eigenvalue weighted by molar-refractivity contribution is 6.51. The molecule has 1 saturated heterocycles. The van der Waals surface area contributed by atoms with Crippen LogP contribution in [0.5, 0.6) is 11.5 Å². The zero-order chi connectivity index (χ0) is 27.4. The number of amides is 1. The zero-order valence-electron chi connectivity index (χ0n) is 20.5. The Morgan fingerprint density at radius 2 is 1.55 bits per heavy atom. The number of ketones is 1. The van der Waals surface area contributed by atoms with Gasteiger partial charge < -0.3 is 14.9 Å². The molecule has 3 aromatic carbocycles. The first-order valence-electron chi connectivity index (χ1n) is 12.1. The van der Waals surface area contributed by atoms with E-state index < -0.39 is 35.2 Å². The quantitative estimate of drug-likeness (QED) is 0.150. The summed E-state index contributed by atoms with van der Waals surface area (Å²) in [6.07, 6.45) is -1.58. The van der Waals surface area contributed by atoms with Crippen molar-refractivity contribution in [2.75, 3.05) is 11.5 Å². The number of phenols is 1. The van der Waals surface area contributed by atoms with Crippen molar-refractivity contribution in [2.24, 2.45) is 0 Å². The van der Waals surface area contributed by atoms with Gasteiger partial charge in [-0.25, -0.2) is 0 Å². The molecule has 0 spiro atoms. The molecule has 0 saturated carbocycles. The van der Waals surface area contributed by atoms with Gasteiger partial charge in [0.2, 0.25) is 0 Å². The maximum Gasteiger partial charge on any atom is 0.416 e. The molecule has 1 aliphatic rings. The van der Waals surface area contributed by atoms with E-state index in [1.54, 1.807) is 24.3 Å². The summed E-state index contributed by atoms with van der Waals surface area (Å²) < 4.78 is 45.0. The molecule has 1 aliphatic heterocycles. The van der Waals surface area contributed by atoms with Crippen LogP contribution in [0.15, 0.2) is 78.4 Å². The Morgan fingerprint density at radius 1 is 0.921 bits per heavy atom. The smallest absolute Gasteiger partial charge is 0.416 e. The number of aliphatic hydroxyl groups excluding tert-OH is 1. The fraction of sp³-hybridized carbons (Fsp3) is 0.241. The molecular weight excluding hydrogens is 499 g/mol. The molecule has 1 heterocycles. The van der Waals surface area contributed by atoms with Gasteiger partial charge in [-0.15, -0.1) is 0 Å². The predicted octanol–water partition coefficient (Wildman–Crippen LogP) is 6.61. The zero-order valence-corrected chi connectivity index (χ0v) is 20.5. The molecule has 2 N–H and O–H groups in total. The fourth-order valence-electron chi connectivity index (χ4n) is 4.29. The largest absolute Gasteiger partial charge is 0.508 e. The van der Waals surface area contributed by atoms with E-state index in [2.05, 4.69) is 6.92 Å². The number of hydrogen-bond acceptors (Lipinski definition) is 5. The Balaban J connectivity index is 1.75. The third-order valence-electron chi connectivity index (χ3n) is 6.27. The van der Waals surface area contributed by atoms with Crippen LogP contribution < -0.4 is 9.64 Å². The average molecular weight is 526 g/mol. The number of anilines is 1. The van der Waals surface area contributed by atoms with Crippen molar-refractivity contribution >= 4 is 23.1 Å². The highest BCUT2D eigenvalue weighted by Crippen LogP contribution is 2.43. The minimum absolute atomic E-state index is 0.0491. The molecule has 1 unspecified atom stereocenters. The number of phenolic OH excluding ortho intramolecular Hbond substituents is 1. The molecule has 0 aliphatic carbocycles. The number of alkyl halides is 3. The molecular formula is C29H26F3NO5. The second-order valence-corrected chi connectivity index (χ2v) is 8.89. The SMILES string of the molecule is CCCCCOc1ccc(/C(O)=C2\C(=O)C(=O)N(c3ccc(C(F)(F)F)cc3)C2c2ccc(O)cc2)cc1. The second-order valence-electron chi connectivity index (χ2n) is 8.89. The molecule has 9 heteroatoms. The van der Waals surface area contributed by atoms with Gasteiger partial charge in [0.15, 0.2) is 0 Å². The maximum atomic E-state index is 13.2. The number of unbranched alkanes of at least 4 members (excludes halogenated alkanes) is 2. The van der Waals surface area contributed by atoms with E-state index >= 15 is 0 Å². The minimum atomic E-state index is -4.57. The summed E-state index contributed by atoms with van der Waals surface area (Å²) >= 11 is 0. The molecule has 1 fully saturated rings. The second kappa shape index (κ2) is 11.0. The van der Waals surface area contributed by atoms with Crippen LogP contribution in [-0.2, 0) is 15.8 Å². The molecule has 1 amide bonds. The van der Waals surface area contributed by atoms with E-state index in [1.165, 1.54) is 24.3 Å². The normalized spacial score (nSPS) is 17.2. The number of rotatable bonds is 8. The fourth-order valence-corrected chi connectivity index (χ4v) is 4.29. The standard InChI is InChI=1S/C29H26F3NO5/c1-2-3-4-17-38-23-15-7-19(8-16-23)26(35)24-25(18-5-13-22(34)14-6-18)33(28(37)27(24)36)21-11-9-20(10-12-21)29(30,31)32/h5-16,25,34-35H,2-4,17H2,1H3/b26-24+. The summed E-state index contributed by atoms with van der Waals surface area (Å²) in [6, 6.07) is 14.8. The Kier molecular flexibility index (Phi) is 7.75. The van der Waals surface area contributed by atoms with E-state index in [4.69, 9.17) is 4.74 Å². The van der Waals surface area contributed by atoms with E-state index in [1.807, 2.05) is 0 Å². The number of nitrogens with zero attached hydrogens (tertiary/aromatic N) is 1. The van der Waals surface area contributed by atoms with Crippen LogP contribution in [0.25, 0.3) is 5.76 Å². The van der Waals surface area contributed by atoms with Crippen molar-refractivity contribution in [3.8, 4) is 11.5 Å². The Labute approximate surface area is 217 Å². The van der Waals surface area contributed by atoms with Crippen molar-refractivity contribution < 1.29 is 37.7 Å². The summed E-state index contributed by atoms with van der Waals surface area (Å²) in [6.45, 7) is 2.63. The lowest BCUT2D eigenvalue weighted by Gasteiger charge is -2.25. The number of carbonyl (C=O) groups is 2. The van der Waals surface area contributed by atoms with Crippen molar-refractivity contribution in [3.05, 3.63) is 95.1 Å². The summed E-state index contributed by atoms with van der Waals surface area (Å²) in [5, 5.41) is 20.9. The number of benzene rings is 3. The van der Waals surface area contributed by atoms with Crippen LogP contribution in [0, 0.1) is 0 Å². The van der Waals surface area contributed by atoms with Gasteiger partial charge in [0, 0.05) is 11.3 Å². The van der Waals surface area contributed by atoms with Crippen molar-refractivity contribution in [3.63, 3.8) is 0 Å². The third-order valence-corrected chi connectivity index (χ3v) is 6.27. The highest BCUT2D eigenvalue weighted by Gasteiger charge is 2.47. The minimum Gasteiger partial charge on any atom is -0.508 e. The van der Waals surface area contributed by atoms with Gasteiger partial charge in [-0.3, -0.25) is 14.5 Å². The first-order valence-corrected chi connectivity index (χ1v) is 12.1. The van der Waals surface area contributed by atoms with Gasteiger partial charge in [0.25, 0.3) is 11.7 Å². The molecule has 3 aromatic rings. The van der Waals surface area contributed by atoms with Gasteiger partial charge >= 0.3 is 6.18 Å². The monoisotopic (exact) mass is 525 g/mol. The summed E-state index contributed by atoms with van der Waals surface area (Å²) in [5.41, 5.74) is -0.444. The van der Waals surface area contributed by atoms with Gasteiger partial charge in [0.05, 0.1) is 23.8 Å². The molecule has 4 rings (SSSR count). The number of ether oxygens (including phenoxy) is 1. The van der Waals surface area contributed by atoms with E-state index in [0.717, 1.165) is 48.4 Å². The summed E-state index contributed by atoms with van der Waals surface area (Å²) in [7, 11) is 0. The molecule has 1 atom stereocenters. The third kappa shape index (κ3) is 5.51. The van der Waals surface area contributed by atoms with Crippen LogP contribution in [0.1, 0.15) is 48.9 Å². The molecule has 6 nitrogen and oxygen atoms in total. The lowest BCUT2D eigenvalue weighted by Crippen LogP contribution is -2.29. The van der Waals surface area contributed by atoms with Crippen molar-refractivity contribution in [1.29, 1.82) is 0 Å². The van der Waals surface area contributed by atoms with Crippen LogP contribution in [-0.4, -0.2) is 28.5 Å². The van der Waals surface area contributed by atoms with E-state index in [0.29, 0.717) is 17.9 Å². The molecule has 0 radical (unpaired) electrons. The van der Waals surface area contributed by atoms with E-state index in [9.17, 15) is 33.0 Å². The van der Waals surface area contributed by atoms with Gasteiger partial charge in [-0.1, -0.05) is 31.9 Å². The van der Waals surface area contributed by atoms with Gasteiger partial charge in [0.1, 0.15) is 17.3 Å². The first-order chi connectivity index (χ1) is 18.1. The lowest BCUT2D eigenvalue weighted by molar-refractivity contribution is -0.137. The lowest BCUT2D eigenvalue weighted by atomic mass is 9.95. The predicted molar refractivity (Wildman–Crippen MR) is 136 cm³/mol. The van der Waals surface area contributed by atoms with Gasteiger partial charge in [-0.2, -0.15) is 13.2 Å². The molecule has 0 bridgehead atoms. The Morgan fingerprint density at radius 3 is 2.13 bits per heavy atom. The van der Waals surface area contributed by atoms with Crippen LogP contribution in [0.3, 0.4) is 0 Å². The number of Topliss-reactive ketones (excluding diaryl/α,β-unsaturated/α-hetero) is 1. The molecule has 198 valence electrons. The molecule has 0 aromatic heterocycles. The molecule has 38 heavy (non-hydrogen) atoms. The number of aliphatic hydroxyl groups is 1. The summed E-state index contributed by atoms with van der Waals surface area (Å²) in [4.78, 5) is 27.4. The van der Waals surface area contributed by atoms with Crippen molar-refractivity contribution in [2.45, 2.75) is 38.4 Å². The first kappa shape index (κ1) is 26.8. The highest BCUT2D eigenvalue weighted by atomic mass is 19.4.